The van der Waals surface area contributed by atoms with Crippen molar-refractivity contribution in [1.82, 2.24) is 3.96 Å². The predicted molar refractivity (Wildman–Crippen MR) is 76.2 cm³/mol. The van der Waals surface area contributed by atoms with Gasteiger partial charge in [-0.3, -0.25) is 8.75 Å². The molecule has 0 saturated carbocycles. The average Bonchev–Trinajstić information content (AvgIpc) is 2.54. The van der Waals surface area contributed by atoms with Crippen molar-refractivity contribution < 1.29 is 5.11 Å². The maximum atomic E-state index is 12.1. The molecule has 0 radical (unpaired) electrons. The largest absolute Gasteiger partial charge is 0.391 e. The number of hydrogen-bond donors (Lipinski definition) is 1. The molecule has 0 fully saturated rings. The summed E-state index contributed by atoms with van der Waals surface area (Å²) >= 11 is 1.42. The van der Waals surface area contributed by atoms with E-state index in [-0.39, 0.29) is 11.0 Å². The summed E-state index contributed by atoms with van der Waals surface area (Å²) in [6.45, 7) is 6.65. The third-order valence-electron chi connectivity index (χ3n) is 2.78. The lowest BCUT2D eigenvalue weighted by Crippen LogP contribution is -2.26. The van der Waals surface area contributed by atoms with Crippen LogP contribution in [-0.2, 0) is 6.54 Å². The minimum atomic E-state index is -0.476. The molecule has 2 rings (SSSR count). The molecule has 1 atom stereocenters. The Morgan fingerprint density at radius 3 is 2.61 bits per heavy atom. The normalized spacial score (nSPS) is 14.0. The van der Waals surface area contributed by atoms with Gasteiger partial charge in [0.15, 0.2) is 0 Å². The number of fused-ring (bicyclic) bond motifs is 1. The minimum Gasteiger partial charge on any atom is -0.391 e. The molecule has 2 aromatic rings. The molecule has 1 heterocycles. The number of aliphatic hydroxyl groups is 1. The van der Waals surface area contributed by atoms with Crippen molar-refractivity contribution >= 4 is 21.6 Å². The van der Waals surface area contributed by atoms with E-state index in [0.29, 0.717) is 13.0 Å². The Hall–Kier alpha value is -1.13. The van der Waals surface area contributed by atoms with E-state index in [4.69, 9.17) is 0 Å². The molecule has 4 heteroatoms. The molecule has 1 N–H and O–H groups in total. The Labute approximate surface area is 111 Å². The fraction of sp³-hybridized carbons (Fsp3) is 0.500. The van der Waals surface area contributed by atoms with Crippen molar-refractivity contribution in [2.45, 2.75) is 39.8 Å². The molecule has 1 aromatic heterocycles. The van der Waals surface area contributed by atoms with Crippen LogP contribution in [0, 0.1) is 5.41 Å². The van der Waals surface area contributed by atoms with E-state index >= 15 is 0 Å². The van der Waals surface area contributed by atoms with Crippen LogP contribution in [-0.4, -0.2) is 15.2 Å². The molecule has 0 saturated heterocycles. The fourth-order valence-corrected chi connectivity index (χ4v) is 3.16. The summed E-state index contributed by atoms with van der Waals surface area (Å²) in [4.78, 5) is 12.1. The van der Waals surface area contributed by atoms with Gasteiger partial charge in [0.25, 0.3) is 5.56 Å². The summed E-state index contributed by atoms with van der Waals surface area (Å²) in [5, 5.41) is 10.8. The maximum absolute atomic E-state index is 12.1. The molecule has 3 nitrogen and oxygen atoms in total. The first-order valence-electron chi connectivity index (χ1n) is 6.14. The molecule has 1 aromatic carbocycles. The summed E-state index contributed by atoms with van der Waals surface area (Å²) in [6.07, 6.45) is 0.212. The molecule has 98 valence electrons. The van der Waals surface area contributed by atoms with E-state index < -0.39 is 6.10 Å². The van der Waals surface area contributed by atoms with Crippen molar-refractivity contribution in [3.8, 4) is 0 Å². The number of aromatic nitrogens is 1. The van der Waals surface area contributed by atoms with Crippen LogP contribution in [0.2, 0.25) is 0 Å². The Kier molecular flexibility index (Phi) is 3.59. The van der Waals surface area contributed by atoms with E-state index in [2.05, 4.69) is 20.8 Å². The van der Waals surface area contributed by atoms with Gasteiger partial charge >= 0.3 is 0 Å². The lowest BCUT2D eigenvalue weighted by molar-refractivity contribution is 0.107. The van der Waals surface area contributed by atoms with Crippen LogP contribution in [0.1, 0.15) is 27.2 Å². The van der Waals surface area contributed by atoms with Crippen LogP contribution in [0.3, 0.4) is 0 Å². The Morgan fingerprint density at radius 2 is 2.00 bits per heavy atom. The molecular weight excluding hydrogens is 246 g/mol. The number of nitrogens with zero attached hydrogens (tertiary/aromatic N) is 1. The number of hydrogen-bond acceptors (Lipinski definition) is 3. The summed E-state index contributed by atoms with van der Waals surface area (Å²) in [7, 11) is 0. The zero-order valence-electron chi connectivity index (χ0n) is 11.0. The third kappa shape index (κ3) is 3.00. The van der Waals surface area contributed by atoms with Gasteiger partial charge in [-0.25, -0.2) is 0 Å². The highest BCUT2D eigenvalue weighted by molar-refractivity contribution is 7.13. The second kappa shape index (κ2) is 4.86. The average molecular weight is 265 g/mol. The fourth-order valence-electron chi connectivity index (χ4n) is 2.10. The zero-order chi connectivity index (χ0) is 13.3. The van der Waals surface area contributed by atoms with Crippen LogP contribution in [0.4, 0.5) is 0 Å². The number of aliphatic hydroxyl groups excluding tert-OH is 1. The molecule has 1 unspecified atom stereocenters. The summed E-state index contributed by atoms with van der Waals surface area (Å²) in [5.41, 5.74) is 0.0724. The topological polar surface area (TPSA) is 42.2 Å². The van der Waals surface area contributed by atoms with E-state index in [9.17, 15) is 9.90 Å². The summed E-state index contributed by atoms with van der Waals surface area (Å²) in [6, 6.07) is 7.56. The summed E-state index contributed by atoms with van der Waals surface area (Å²) in [5.74, 6) is 0. The van der Waals surface area contributed by atoms with E-state index in [0.717, 1.165) is 10.1 Å². The van der Waals surface area contributed by atoms with Gasteiger partial charge in [0.1, 0.15) is 0 Å². The first-order valence-corrected chi connectivity index (χ1v) is 6.91. The minimum absolute atomic E-state index is 0.00330. The van der Waals surface area contributed by atoms with Gasteiger partial charge in [-0.05, 0) is 24.0 Å². The van der Waals surface area contributed by atoms with Crippen LogP contribution in [0.15, 0.2) is 29.1 Å². The summed E-state index contributed by atoms with van der Waals surface area (Å²) < 4.78 is 2.63. The van der Waals surface area contributed by atoms with Gasteiger partial charge in [0.2, 0.25) is 0 Å². The molecule has 0 aliphatic rings. The highest BCUT2D eigenvalue weighted by atomic mass is 32.1. The van der Waals surface area contributed by atoms with Crippen molar-refractivity contribution in [3.63, 3.8) is 0 Å². The lowest BCUT2D eigenvalue weighted by atomic mass is 9.89. The molecule has 0 spiro atoms. The van der Waals surface area contributed by atoms with E-state index in [1.165, 1.54) is 11.5 Å². The second-order valence-corrected chi connectivity index (χ2v) is 6.94. The highest BCUT2D eigenvalue weighted by Crippen LogP contribution is 2.22. The first kappa shape index (κ1) is 13.3. The van der Waals surface area contributed by atoms with Crippen molar-refractivity contribution in [3.05, 3.63) is 34.6 Å². The smallest absolute Gasteiger partial charge is 0.268 e. The van der Waals surface area contributed by atoms with Gasteiger partial charge in [0, 0.05) is 0 Å². The molecule has 0 amide bonds. The van der Waals surface area contributed by atoms with Crippen LogP contribution >= 0.6 is 11.5 Å². The van der Waals surface area contributed by atoms with E-state index in [1.54, 1.807) is 3.96 Å². The molecule has 0 bridgehead atoms. The van der Waals surface area contributed by atoms with Gasteiger partial charge < -0.3 is 5.11 Å². The molecule has 0 aliphatic carbocycles. The van der Waals surface area contributed by atoms with Gasteiger partial charge in [0.05, 0.1) is 22.7 Å². The molecule has 18 heavy (non-hydrogen) atoms. The Balaban J connectivity index is 2.22. The van der Waals surface area contributed by atoms with Crippen molar-refractivity contribution in [1.29, 1.82) is 0 Å². The number of benzene rings is 1. The van der Waals surface area contributed by atoms with Crippen LogP contribution in [0.5, 0.6) is 0 Å². The quantitative estimate of drug-likeness (QED) is 0.927. The molecular formula is C14H19NO2S. The third-order valence-corrected chi connectivity index (χ3v) is 3.87. The monoisotopic (exact) mass is 265 g/mol. The molecule has 0 aliphatic heterocycles. The standard InChI is InChI=1S/C14H19NO2S/c1-14(2,3)8-10(16)9-15-13(17)11-6-4-5-7-12(11)18-15/h4-7,10,16H,8-9H2,1-3H3. The number of rotatable bonds is 3. The van der Waals surface area contributed by atoms with Crippen LogP contribution < -0.4 is 5.56 Å². The van der Waals surface area contributed by atoms with Gasteiger partial charge in [-0.15, -0.1) is 0 Å². The van der Waals surface area contributed by atoms with Gasteiger partial charge in [-0.1, -0.05) is 44.4 Å². The van der Waals surface area contributed by atoms with Crippen LogP contribution in [0.25, 0.3) is 10.1 Å². The van der Waals surface area contributed by atoms with Crippen molar-refractivity contribution in [2.75, 3.05) is 0 Å². The van der Waals surface area contributed by atoms with E-state index in [1.807, 2.05) is 24.3 Å². The lowest BCUT2D eigenvalue weighted by Gasteiger charge is -2.22. The predicted octanol–water partition coefficient (Wildman–Crippen LogP) is 2.86. The Morgan fingerprint density at radius 1 is 1.33 bits per heavy atom. The highest BCUT2D eigenvalue weighted by Gasteiger charge is 2.18. The zero-order valence-corrected chi connectivity index (χ0v) is 11.8. The maximum Gasteiger partial charge on any atom is 0.268 e. The van der Waals surface area contributed by atoms with Gasteiger partial charge in [-0.2, -0.15) is 0 Å². The first-order chi connectivity index (χ1) is 8.37. The Bertz CT molecular complexity index is 592. The SMILES string of the molecule is CC(C)(C)CC(O)Cn1sc2ccccc2c1=O. The van der Waals surface area contributed by atoms with Crippen molar-refractivity contribution in [2.24, 2.45) is 5.41 Å². The second-order valence-electron chi connectivity index (χ2n) is 5.87.